The number of pyridine rings is 1. The third kappa shape index (κ3) is 3.31. The van der Waals surface area contributed by atoms with Crippen LogP contribution in [0.5, 0.6) is 0 Å². The van der Waals surface area contributed by atoms with Crippen molar-refractivity contribution in [2.45, 2.75) is 19.9 Å². The van der Waals surface area contributed by atoms with Gasteiger partial charge in [0.15, 0.2) is 5.82 Å². The highest BCUT2D eigenvalue weighted by Gasteiger charge is 2.22. The molecular weight excluding hydrogens is 324 g/mol. The topological polar surface area (TPSA) is 51.0 Å². The number of carbonyl (C=O) groups excluding carboxylic acids is 1. The fourth-order valence-electron chi connectivity index (χ4n) is 2.45. The lowest BCUT2D eigenvalue weighted by Gasteiger charge is -2.26. The monoisotopic (exact) mass is 340 g/mol. The van der Waals surface area contributed by atoms with E-state index in [1.807, 2.05) is 38.1 Å². The van der Waals surface area contributed by atoms with Crippen LogP contribution in [0.1, 0.15) is 24.3 Å². The van der Waals surface area contributed by atoms with Crippen molar-refractivity contribution in [3.8, 4) is 5.82 Å². The lowest BCUT2D eigenvalue weighted by atomic mass is 10.2. The van der Waals surface area contributed by atoms with Gasteiger partial charge in [0, 0.05) is 29.1 Å². The van der Waals surface area contributed by atoms with E-state index in [1.165, 1.54) is 0 Å². The highest BCUT2D eigenvalue weighted by molar-refractivity contribution is 6.30. The molecule has 0 radical (unpaired) electrons. The molecule has 0 aliphatic carbocycles. The van der Waals surface area contributed by atoms with E-state index < -0.39 is 0 Å². The van der Waals surface area contributed by atoms with Crippen molar-refractivity contribution in [2.24, 2.45) is 0 Å². The first-order valence-corrected chi connectivity index (χ1v) is 8.00. The molecule has 3 aromatic rings. The quantitative estimate of drug-likeness (QED) is 0.722. The molecule has 1 aromatic carbocycles. The third-order valence-corrected chi connectivity index (χ3v) is 3.78. The number of benzene rings is 1. The molecule has 6 heteroatoms. The molecule has 5 nitrogen and oxygen atoms in total. The molecule has 2 aromatic heterocycles. The molecule has 3 rings (SSSR count). The second kappa shape index (κ2) is 6.84. The largest absolute Gasteiger partial charge is 0.305 e. The maximum Gasteiger partial charge on any atom is 0.277 e. The van der Waals surface area contributed by atoms with E-state index >= 15 is 0 Å². The van der Waals surface area contributed by atoms with Gasteiger partial charge in [-0.1, -0.05) is 17.7 Å². The molecule has 0 aliphatic rings. The molecule has 0 spiro atoms. The van der Waals surface area contributed by atoms with E-state index in [9.17, 15) is 4.79 Å². The summed E-state index contributed by atoms with van der Waals surface area (Å²) in [5.41, 5.74) is 1.15. The van der Waals surface area contributed by atoms with Crippen molar-refractivity contribution in [1.29, 1.82) is 0 Å². The minimum Gasteiger partial charge on any atom is -0.305 e. The Morgan fingerprint density at radius 2 is 1.88 bits per heavy atom. The number of rotatable bonds is 4. The summed E-state index contributed by atoms with van der Waals surface area (Å²) in [5.74, 6) is 0.437. The van der Waals surface area contributed by atoms with Crippen LogP contribution < -0.4 is 4.90 Å². The number of hydrogen-bond donors (Lipinski definition) is 0. The first-order valence-electron chi connectivity index (χ1n) is 7.62. The molecule has 0 fully saturated rings. The van der Waals surface area contributed by atoms with Gasteiger partial charge >= 0.3 is 0 Å². The van der Waals surface area contributed by atoms with Crippen molar-refractivity contribution >= 4 is 23.2 Å². The van der Waals surface area contributed by atoms with Crippen LogP contribution in [-0.4, -0.2) is 26.7 Å². The van der Waals surface area contributed by atoms with Gasteiger partial charge in [-0.15, -0.1) is 0 Å². The normalized spacial score (nSPS) is 10.8. The fraction of sp³-hybridized carbons (Fsp3) is 0.167. The minimum atomic E-state index is -0.165. The molecule has 0 bridgehead atoms. The molecule has 0 aliphatic heterocycles. The van der Waals surface area contributed by atoms with Crippen LogP contribution in [0.2, 0.25) is 5.02 Å². The summed E-state index contributed by atoms with van der Waals surface area (Å²) in [4.78, 5) is 19.1. The van der Waals surface area contributed by atoms with Crippen molar-refractivity contribution in [3.05, 3.63) is 71.6 Å². The first-order chi connectivity index (χ1) is 11.6. The number of aromatic nitrogens is 3. The lowest BCUT2D eigenvalue weighted by molar-refractivity contribution is 0.0975. The number of carbonyl (C=O) groups is 1. The van der Waals surface area contributed by atoms with Crippen LogP contribution in [0.3, 0.4) is 0 Å². The summed E-state index contributed by atoms with van der Waals surface area (Å²) in [6.45, 7) is 3.92. The Bertz CT molecular complexity index is 828. The summed E-state index contributed by atoms with van der Waals surface area (Å²) in [6.07, 6.45) is 3.46. The van der Waals surface area contributed by atoms with Gasteiger partial charge in [0.05, 0.1) is 0 Å². The van der Waals surface area contributed by atoms with Crippen molar-refractivity contribution in [3.63, 3.8) is 0 Å². The van der Waals surface area contributed by atoms with Gasteiger partial charge in [-0.2, -0.15) is 5.10 Å². The van der Waals surface area contributed by atoms with Gasteiger partial charge in [0.2, 0.25) is 0 Å². The van der Waals surface area contributed by atoms with Gasteiger partial charge in [0.1, 0.15) is 5.69 Å². The summed E-state index contributed by atoms with van der Waals surface area (Å²) >= 11 is 5.94. The molecule has 0 unspecified atom stereocenters. The average Bonchev–Trinajstić information content (AvgIpc) is 3.11. The summed E-state index contributed by atoms with van der Waals surface area (Å²) in [6, 6.07) is 14.3. The molecule has 1 amide bonds. The Kier molecular flexibility index (Phi) is 4.62. The SMILES string of the molecule is CC(C)N(C(=O)c1cccc(-n2cccn2)n1)c1ccc(Cl)cc1. The second-order valence-corrected chi connectivity index (χ2v) is 6.01. The van der Waals surface area contributed by atoms with E-state index in [2.05, 4.69) is 10.1 Å². The van der Waals surface area contributed by atoms with Crippen LogP contribution in [0, 0.1) is 0 Å². The Morgan fingerprint density at radius 3 is 2.50 bits per heavy atom. The van der Waals surface area contributed by atoms with Gasteiger partial charge in [-0.05, 0) is 56.3 Å². The van der Waals surface area contributed by atoms with Crippen molar-refractivity contribution < 1.29 is 4.79 Å². The van der Waals surface area contributed by atoms with Gasteiger partial charge in [0.25, 0.3) is 5.91 Å². The lowest BCUT2D eigenvalue weighted by Crippen LogP contribution is -2.37. The maximum atomic E-state index is 13.0. The Balaban J connectivity index is 1.96. The molecule has 122 valence electrons. The van der Waals surface area contributed by atoms with Crippen molar-refractivity contribution in [1.82, 2.24) is 14.8 Å². The standard InChI is InChI=1S/C18H17ClN4O/c1-13(2)23(15-9-7-14(19)8-10-15)18(24)16-5-3-6-17(21-16)22-12-4-11-20-22/h3-13H,1-2H3. The first kappa shape index (κ1) is 16.2. The van der Waals surface area contributed by atoms with E-state index in [4.69, 9.17) is 11.6 Å². The number of anilines is 1. The predicted molar refractivity (Wildman–Crippen MR) is 94.8 cm³/mol. The zero-order chi connectivity index (χ0) is 17.1. The van der Waals surface area contributed by atoms with E-state index in [0.29, 0.717) is 16.5 Å². The molecule has 24 heavy (non-hydrogen) atoms. The highest BCUT2D eigenvalue weighted by atomic mass is 35.5. The molecule has 2 heterocycles. The van der Waals surface area contributed by atoms with E-state index in [1.54, 1.807) is 46.2 Å². The smallest absolute Gasteiger partial charge is 0.277 e. The van der Waals surface area contributed by atoms with Crippen molar-refractivity contribution in [2.75, 3.05) is 4.90 Å². The second-order valence-electron chi connectivity index (χ2n) is 5.58. The van der Waals surface area contributed by atoms with Gasteiger partial charge in [-0.25, -0.2) is 9.67 Å². The Morgan fingerprint density at radius 1 is 1.12 bits per heavy atom. The molecular formula is C18H17ClN4O. The zero-order valence-corrected chi connectivity index (χ0v) is 14.2. The minimum absolute atomic E-state index is 0.0196. The Hall–Kier alpha value is -2.66. The molecule has 0 atom stereocenters. The van der Waals surface area contributed by atoms with E-state index in [0.717, 1.165) is 5.69 Å². The number of amides is 1. The summed E-state index contributed by atoms with van der Waals surface area (Å²) < 4.78 is 1.62. The number of hydrogen-bond acceptors (Lipinski definition) is 3. The zero-order valence-electron chi connectivity index (χ0n) is 13.4. The third-order valence-electron chi connectivity index (χ3n) is 3.53. The molecule has 0 N–H and O–H groups in total. The van der Waals surface area contributed by atoms with Crippen LogP contribution in [-0.2, 0) is 0 Å². The van der Waals surface area contributed by atoms with Crippen LogP contribution in [0.15, 0.2) is 60.9 Å². The number of nitrogens with zero attached hydrogens (tertiary/aromatic N) is 4. The van der Waals surface area contributed by atoms with Gasteiger partial charge in [-0.3, -0.25) is 4.79 Å². The van der Waals surface area contributed by atoms with Crippen LogP contribution in [0.4, 0.5) is 5.69 Å². The number of halogens is 1. The van der Waals surface area contributed by atoms with Crippen LogP contribution >= 0.6 is 11.6 Å². The Labute approximate surface area is 145 Å². The highest BCUT2D eigenvalue weighted by Crippen LogP contribution is 2.22. The average molecular weight is 341 g/mol. The van der Waals surface area contributed by atoms with Crippen LogP contribution in [0.25, 0.3) is 5.82 Å². The van der Waals surface area contributed by atoms with E-state index in [-0.39, 0.29) is 11.9 Å². The predicted octanol–water partition coefficient (Wildman–Crippen LogP) is 3.98. The summed E-state index contributed by atoms with van der Waals surface area (Å²) in [7, 11) is 0. The summed E-state index contributed by atoms with van der Waals surface area (Å²) in [5, 5.41) is 4.78. The molecule has 0 saturated heterocycles. The fourth-order valence-corrected chi connectivity index (χ4v) is 2.58. The maximum absolute atomic E-state index is 13.0. The molecule has 0 saturated carbocycles. The van der Waals surface area contributed by atoms with Gasteiger partial charge < -0.3 is 4.90 Å².